The van der Waals surface area contributed by atoms with Crippen molar-refractivity contribution < 1.29 is 47.3 Å². The van der Waals surface area contributed by atoms with Gasteiger partial charge in [-0.15, -0.1) is 0 Å². The van der Waals surface area contributed by atoms with Gasteiger partial charge in [0, 0.05) is 40.6 Å². The summed E-state index contributed by atoms with van der Waals surface area (Å²) in [5.41, 5.74) is 0. The second-order valence-corrected chi connectivity index (χ2v) is 14.6. The summed E-state index contributed by atoms with van der Waals surface area (Å²) in [7, 11) is 6.08. The Balaban J connectivity index is 0. The molecule has 0 aliphatic carbocycles. The molecule has 240 valence electrons. The molecule has 0 aromatic carbocycles. The van der Waals surface area contributed by atoms with Crippen LogP contribution in [0.5, 0.6) is 0 Å². The second kappa shape index (κ2) is 17.9. The van der Waals surface area contributed by atoms with Crippen LogP contribution in [0.2, 0.25) is 21.3 Å². The van der Waals surface area contributed by atoms with Crippen molar-refractivity contribution in [2.45, 2.75) is 117 Å². The van der Waals surface area contributed by atoms with Crippen LogP contribution in [0.15, 0.2) is 0 Å². The summed E-state index contributed by atoms with van der Waals surface area (Å²) in [6, 6.07) is 0. The van der Waals surface area contributed by atoms with Crippen LogP contribution in [0, 0.1) is 0 Å². The van der Waals surface area contributed by atoms with Crippen LogP contribution in [-0.2, 0) is 37.2 Å². The standard InChI is InChI=1S/C7H16BO3.C7H15BO2.C6H16BO3.C6H15BO2/c1-7(2,3)8(9)10-5-4-6-11-8;1-7(2,3)8-9-5-4-6-10-8;1-6(2,3)7(8,9-4)10-5;1-6(2,3)7(8-4)9-5/h9H,4-6H2,1-3H3;4-6H2,1-3H3;8H,1-5H3;1-5H3/q-1;;-1;. The molecule has 0 radical (unpaired) electrons. The fourth-order valence-corrected chi connectivity index (χ4v) is 3.69. The van der Waals surface area contributed by atoms with Crippen molar-refractivity contribution in [2.75, 3.05) is 54.9 Å². The SMILES string of the molecule is CC(C)(C)B1OCCCO1.CC(C)(C)[B-]1(O)OCCCO1.COB(OC)C(C)(C)C.CO[B-](O)(OC)C(C)(C)C. The predicted octanol–water partition coefficient (Wildman–Crippen LogP) is 5.44. The first-order valence-corrected chi connectivity index (χ1v) is 14.3. The largest absolute Gasteiger partial charge is 0.559 e. The summed E-state index contributed by atoms with van der Waals surface area (Å²) < 4.78 is 41.1. The van der Waals surface area contributed by atoms with Gasteiger partial charge in [-0.25, -0.2) is 0 Å². The minimum atomic E-state index is -2.12. The molecular weight excluding hydrogens is 516 g/mol. The quantitative estimate of drug-likeness (QED) is 0.418. The lowest BCUT2D eigenvalue weighted by Gasteiger charge is -2.49. The molecule has 0 amide bonds. The zero-order chi connectivity index (χ0) is 32.1. The molecule has 14 heteroatoms. The molecule has 40 heavy (non-hydrogen) atoms. The highest BCUT2D eigenvalue weighted by atomic mass is 16.7. The van der Waals surface area contributed by atoms with Gasteiger partial charge in [-0.1, -0.05) is 93.7 Å². The first-order chi connectivity index (χ1) is 18.0. The third kappa shape index (κ3) is 15.4. The van der Waals surface area contributed by atoms with Crippen LogP contribution >= 0.6 is 0 Å². The molecule has 2 aliphatic heterocycles. The van der Waals surface area contributed by atoms with Crippen LogP contribution in [-0.4, -0.2) is 92.7 Å². The molecule has 2 aliphatic rings. The minimum Gasteiger partial charge on any atom is -0.559 e. The summed E-state index contributed by atoms with van der Waals surface area (Å²) in [5, 5.41) is 18.9. The summed E-state index contributed by atoms with van der Waals surface area (Å²) in [5.74, 6) is 0. The Hall–Kier alpha value is -0.140. The van der Waals surface area contributed by atoms with Gasteiger partial charge < -0.3 is 47.3 Å². The van der Waals surface area contributed by atoms with Crippen molar-refractivity contribution in [2.24, 2.45) is 0 Å². The summed E-state index contributed by atoms with van der Waals surface area (Å²) >= 11 is 0. The first kappa shape index (κ1) is 42.0. The van der Waals surface area contributed by atoms with Crippen LogP contribution in [0.3, 0.4) is 0 Å². The van der Waals surface area contributed by atoms with E-state index in [9.17, 15) is 10.0 Å². The Kier molecular flexibility index (Phi) is 18.7. The van der Waals surface area contributed by atoms with E-state index in [2.05, 4.69) is 41.5 Å². The molecule has 10 nitrogen and oxygen atoms in total. The van der Waals surface area contributed by atoms with Crippen molar-refractivity contribution in [1.82, 2.24) is 0 Å². The van der Waals surface area contributed by atoms with E-state index in [-0.39, 0.29) is 35.5 Å². The van der Waals surface area contributed by atoms with Crippen molar-refractivity contribution >= 4 is 27.7 Å². The average molecular weight is 578 g/mol. The van der Waals surface area contributed by atoms with Crippen molar-refractivity contribution in [1.29, 1.82) is 0 Å². The van der Waals surface area contributed by atoms with Gasteiger partial charge in [0.25, 0.3) is 0 Å². The highest BCUT2D eigenvalue weighted by molar-refractivity contribution is 6.63. The number of rotatable bonds is 4. The Labute approximate surface area is 247 Å². The lowest BCUT2D eigenvalue weighted by molar-refractivity contribution is 0.0328. The van der Waals surface area contributed by atoms with E-state index in [4.69, 9.17) is 37.2 Å². The third-order valence-corrected chi connectivity index (χ3v) is 6.47. The van der Waals surface area contributed by atoms with Gasteiger partial charge >= 0.3 is 27.7 Å². The molecule has 2 fully saturated rings. The van der Waals surface area contributed by atoms with Crippen LogP contribution in [0.25, 0.3) is 0 Å². The molecule has 2 heterocycles. The second-order valence-electron chi connectivity index (χ2n) is 14.6. The van der Waals surface area contributed by atoms with E-state index in [0.717, 1.165) is 26.1 Å². The van der Waals surface area contributed by atoms with Gasteiger partial charge in [-0.05, 0) is 37.7 Å². The minimum absolute atomic E-state index is 0.00116. The van der Waals surface area contributed by atoms with Crippen LogP contribution in [0.4, 0.5) is 0 Å². The summed E-state index contributed by atoms with van der Waals surface area (Å²) in [4.78, 5) is 0. The molecule has 2 saturated heterocycles. The van der Waals surface area contributed by atoms with E-state index in [1.54, 1.807) is 14.2 Å². The van der Waals surface area contributed by atoms with Crippen molar-refractivity contribution in [3.8, 4) is 0 Å². The topological polar surface area (TPSA) is 114 Å². The van der Waals surface area contributed by atoms with E-state index in [1.807, 2.05) is 41.5 Å². The Morgan fingerprint density at radius 2 is 1.07 bits per heavy atom. The maximum Gasteiger partial charge on any atom is 0.462 e. The lowest BCUT2D eigenvalue weighted by atomic mass is 9.53. The molecule has 2 N–H and O–H groups in total. The Bertz CT molecular complexity index is 638. The van der Waals surface area contributed by atoms with Gasteiger partial charge in [0.05, 0.1) is 0 Å². The van der Waals surface area contributed by atoms with Gasteiger partial charge in [-0.2, -0.15) is 0 Å². The molecule has 0 bridgehead atoms. The highest BCUT2D eigenvalue weighted by Gasteiger charge is 2.40. The van der Waals surface area contributed by atoms with Crippen molar-refractivity contribution in [3.63, 3.8) is 0 Å². The Morgan fingerprint density at radius 1 is 0.700 bits per heavy atom. The monoisotopic (exact) mass is 578 g/mol. The highest BCUT2D eigenvalue weighted by Crippen LogP contribution is 2.37. The normalized spacial score (nSPS) is 18.3. The molecule has 0 aromatic rings. The maximum absolute atomic E-state index is 9.83. The van der Waals surface area contributed by atoms with Gasteiger partial charge in [-0.3, -0.25) is 0 Å². The number of hydrogen-bond acceptors (Lipinski definition) is 10. The molecule has 0 aromatic heterocycles. The molecule has 0 atom stereocenters. The fraction of sp³-hybridized carbons (Fsp3) is 1.00. The summed E-state index contributed by atoms with van der Waals surface area (Å²) in [6.45, 7) is 22.7. The summed E-state index contributed by atoms with van der Waals surface area (Å²) in [6.07, 6.45) is 1.91. The molecule has 0 saturated carbocycles. The van der Waals surface area contributed by atoms with E-state index < -0.39 is 13.5 Å². The van der Waals surface area contributed by atoms with E-state index >= 15 is 0 Å². The lowest BCUT2D eigenvalue weighted by Crippen LogP contribution is -2.53. The van der Waals surface area contributed by atoms with E-state index in [1.165, 1.54) is 14.2 Å². The fourth-order valence-electron chi connectivity index (χ4n) is 3.69. The van der Waals surface area contributed by atoms with Gasteiger partial charge in [0.15, 0.2) is 0 Å². The van der Waals surface area contributed by atoms with E-state index in [0.29, 0.717) is 13.2 Å². The first-order valence-electron chi connectivity index (χ1n) is 14.3. The molecule has 0 spiro atoms. The molecule has 2 rings (SSSR count). The number of hydrogen-bond donors (Lipinski definition) is 2. The average Bonchev–Trinajstić information content (AvgIpc) is 2.84. The third-order valence-electron chi connectivity index (χ3n) is 6.47. The van der Waals surface area contributed by atoms with Gasteiger partial charge in [0.1, 0.15) is 0 Å². The Morgan fingerprint density at radius 3 is 1.23 bits per heavy atom. The smallest absolute Gasteiger partial charge is 0.462 e. The predicted molar refractivity (Wildman–Crippen MR) is 167 cm³/mol. The molecular formula is C26H62B4O10-2. The zero-order valence-electron chi connectivity index (χ0n) is 28.7. The maximum atomic E-state index is 9.83. The van der Waals surface area contributed by atoms with Crippen LogP contribution in [0.1, 0.15) is 95.9 Å². The van der Waals surface area contributed by atoms with Crippen LogP contribution < -0.4 is 0 Å². The molecule has 0 unspecified atom stereocenters. The van der Waals surface area contributed by atoms with Crippen molar-refractivity contribution in [3.05, 3.63) is 0 Å². The van der Waals surface area contributed by atoms with Gasteiger partial charge in [0.2, 0.25) is 0 Å². The zero-order valence-corrected chi connectivity index (χ0v) is 28.7.